The van der Waals surface area contributed by atoms with Gasteiger partial charge >= 0.3 is 0 Å². The number of aromatic nitrogens is 2. The third-order valence-electron chi connectivity index (χ3n) is 9.88. The first-order valence-corrected chi connectivity index (χ1v) is 18.6. The number of hydrogen-bond donors (Lipinski definition) is 0. The van der Waals surface area contributed by atoms with Gasteiger partial charge in [0.05, 0.1) is 5.70 Å². The van der Waals surface area contributed by atoms with E-state index in [0.717, 1.165) is 72.4 Å². The monoisotopic (exact) mass is 720 g/mol. The number of nitrogens with zero attached hydrogens (tertiary/aromatic N) is 4. The van der Waals surface area contributed by atoms with Gasteiger partial charge in [0.2, 0.25) is 0 Å². The van der Waals surface area contributed by atoms with E-state index in [2.05, 4.69) is 91.5 Å². The molecule has 0 aliphatic heterocycles. The summed E-state index contributed by atoms with van der Waals surface area (Å²) in [5.74, 6) is 1.22. The molecule has 5 nitrogen and oxygen atoms in total. The Balaban J connectivity index is 1.13. The molecule has 2 heterocycles. The van der Waals surface area contributed by atoms with Crippen molar-refractivity contribution in [3.63, 3.8) is 0 Å². The van der Waals surface area contributed by atoms with Crippen LogP contribution in [-0.4, -0.2) is 21.5 Å². The second-order valence-electron chi connectivity index (χ2n) is 13.6. The molecule has 0 radical (unpaired) electrons. The maximum atomic E-state index is 6.51. The molecule has 9 aromatic rings. The number of amidine groups is 1. The molecule has 0 amide bonds. The molecule has 2 aromatic heterocycles. The summed E-state index contributed by atoms with van der Waals surface area (Å²) in [7, 11) is 0. The molecule has 0 bridgehead atoms. The van der Waals surface area contributed by atoms with Crippen molar-refractivity contribution in [2.24, 2.45) is 9.98 Å². The summed E-state index contributed by atoms with van der Waals surface area (Å²) in [6, 6.07) is 63.7. The van der Waals surface area contributed by atoms with Crippen LogP contribution in [0.25, 0.3) is 72.7 Å². The van der Waals surface area contributed by atoms with Crippen LogP contribution in [0.5, 0.6) is 0 Å². The van der Waals surface area contributed by atoms with E-state index in [-0.39, 0.29) is 0 Å². The van der Waals surface area contributed by atoms with Gasteiger partial charge in [-0.25, -0.2) is 20.0 Å². The Kier molecular flexibility index (Phi) is 9.24. The third kappa shape index (κ3) is 6.97. The Morgan fingerprint density at radius 2 is 1.04 bits per heavy atom. The van der Waals surface area contributed by atoms with Crippen LogP contribution in [0.4, 0.5) is 0 Å². The molecule has 0 saturated heterocycles. The van der Waals surface area contributed by atoms with Crippen molar-refractivity contribution in [1.82, 2.24) is 9.97 Å². The average molecular weight is 721 g/mol. The zero-order valence-electron chi connectivity index (χ0n) is 30.8. The van der Waals surface area contributed by atoms with E-state index in [1.165, 1.54) is 5.56 Å². The molecule has 0 aliphatic rings. The van der Waals surface area contributed by atoms with Crippen LogP contribution in [0.2, 0.25) is 0 Å². The van der Waals surface area contributed by atoms with E-state index in [0.29, 0.717) is 22.9 Å². The van der Waals surface area contributed by atoms with Crippen LogP contribution < -0.4 is 0 Å². The van der Waals surface area contributed by atoms with Gasteiger partial charge in [-0.05, 0) is 58.5 Å². The molecule has 9 rings (SSSR count). The fourth-order valence-corrected chi connectivity index (χ4v) is 6.90. The molecule has 0 atom stereocenters. The third-order valence-corrected chi connectivity index (χ3v) is 9.88. The van der Waals surface area contributed by atoms with Crippen LogP contribution in [0, 0.1) is 0 Å². The lowest BCUT2D eigenvalue weighted by atomic mass is 10.0. The van der Waals surface area contributed by atoms with Gasteiger partial charge in [-0.1, -0.05) is 176 Å². The summed E-state index contributed by atoms with van der Waals surface area (Å²) in [5, 5.41) is 0.916. The highest BCUT2D eigenvalue weighted by molar-refractivity contribution is 6.13. The maximum Gasteiger partial charge on any atom is 0.180 e. The summed E-state index contributed by atoms with van der Waals surface area (Å²) >= 11 is 0. The molecule has 56 heavy (non-hydrogen) atoms. The number of benzene rings is 7. The van der Waals surface area contributed by atoms with Crippen LogP contribution in [-0.2, 0) is 0 Å². The second kappa shape index (κ2) is 15.1. The molecule has 0 N–H and O–H groups in total. The molecule has 266 valence electrons. The van der Waals surface area contributed by atoms with E-state index in [1.54, 1.807) is 0 Å². The quantitative estimate of drug-likeness (QED) is 0.116. The first-order chi connectivity index (χ1) is 27.6. The van der Waals surface area contributed by atoms with Gasteiger partial charge in [0, 0.05) is 27.8 Å². The lowest BCUT2D eigenvalue weighted by molar-refractivity contribution is 0.667. The Hall–Kier alpha value is -7.50. The normalized spacial score (nSPS) is 11.9. The molecule has 0 aliphatic carbocycles. The molecule has 0 unspecified atom stereocenters. The molecule has 0 spiro atoms. The zero-order chi connectivity index (χ0) is 37.8. The van der Waals surface area contributed by atoms with Gasteiger partial charge in [0.25, 0.3) is 0 Å². The molecular formula is C51H36N4O. The number of furan rings is 1. The summed E-state index contributed by atoms with van der Waals surface area (Å²) in [4.78, 5) is 20.3. The van der Waals surface area contributed by atoms with Gasteiger partial charge < -0.3 is 4.42 Å². The minimum absolute atomic E-state index is 0.577. The Morgan fingerprint density at radius 1 is 0.482 bits per heavy atom. The minimum atomic E-state index is 0.577. The summed E-state index contributed by atoms with van der Waals surface area (Å²) in [6.07, 6.45) is 0. The lowest BCUT2D eigenvalue weighted by Gasteiger charge is -2.10. The minimum Gasteiger partial charge on any atom is -0.452 e. The predicted molar refractivity (Wildman–Crippen MR) is 232 cm³/mol. The maximum absolute atomic E-state index is 6.51. The van der Waals surface area contributed by atoms with Crippen molar-refractivity contribution in [3.05, 3.63) is 211 Å². The standard InChI is InChI=1S/C51H36N4O/c1-34(36-16-7-3-8-17-36)52-51(53-35(2)37-26-28-39(29-27-37)38-18-9-4-10-19-38)44-25-15-24-42(32-44)43-30-31-46-45(33-43)48-49(56-46)47(40-20-11-5-12-21-40)54-50(55-48)41-22-13-6-14-23-41/h3-33H,1H2,2H3. The fraction of sp³-hybridized carbons (Fsp3) is 0.0196. The number of aliphatic imine (C=N–C) groups is 2. The largest absolute Gasteiger partial charge is 0.452 e. The van der Waals surface area contributed by atoms with E-state index in [4.69, 9.17) is 24.4 Å². The van der Waals surface area contributed by atoms with Crippen molar-refractivity contribution in [3.8, 4) is 44.9 Å². The van der Waals surface area contributed by atoms with Gasteiger partial charge in [-0.15, -0.1) is 0 Å². The predicted octanol–water partition coefficient (Wildman–Crippen LogP) is 13.0. The van der Waals surface area contributed by atoms with E-state index in [9.17, 15) is 0 Å². The smallest absolute Gasteiger partial charge is 0.180 e. The van der Waals surface area contributed by atoms with Crippen molar-refractivity contribution < 1.29 is 4.42 Å². The van der Waals surface area contributed by atoms with Crippen molar-refractivity contribution >= 4 is 39.3 Å². The van der Waals surface area contributed by atoms with Crippen molar-refractivity contribution in [1.29, 1.82) is 0 Å². The fourth-order valence-electron chi connectivity index (χ4n) is 6.90. The van der Waals surface area contributed by atoms with Crippen LogP contribution >= 0.6 is 0 Å². The van der Waals surface area contributed by atoms with Gasteiger partial charge in [0.15, 0.2) is 17.2 Å². The highest BCUT2D eigenvalue weighted by Gasteiger charge is 2.19. The zero-order valence-corrected chi connectivity index (χ0v) is 30.8. The van der Waals surface area contributed by atoms with E-state index >= 15 is 0 Å². The number of rotatable bonds is 8. The molecular weight excluding hydrogens is 685 g/mol. The number of hydrogen-bond acceptors (Lipinski definition) is 4. The average Bonchev–Trinajstić information content (AvgIpc) is 3.65. The van der Waals surface area contributed by atoms with E-state index < -0.39 is 0 Å². The van der Waals surface area contributed by atoms with Crippen molar-refractivity contribution in [2.45, 2.75) is 6.92 Å². The molecule has 5 heteroatoms. The molecule has 7 aromatic carbocycles. The Morgan fingerprint density at radius 3 is 1.73 bits per heavy atom. The second-order valence-corrected chi connectivity index (χ2v) is 13.6. The first-order valence-electron chi connectivity index (χ1n) is 18.6. The highest BCUT2D eigenvalue weighted by Crippen LogP contribution is 2.37. The van der Waals surface area contributed by atoms with Gasteiger partial charge in [-0.2, -0.15) is 0 Å². The van der Waals surface area contributed by atoms with Crippen LogP contribution in [0.15, 0.2) is 209 Å². The summed E-state index contributed by atoms with van der Waals surface area (Å²) in [5.41, 5.74) is 13.5. The van der Waals surface area contributed by atoms with Crippen LogP contribution in [0.1, 0.15) is 23.6 Å². The summed E-state index contributed by atoms with van der Waals surface area (Å²) < 4.78 is 6.51. The molecule has 0 fully saturated rings. The van der Waals surface area contributed by atoms with Gasteiger partial charge in [-0.3, -0.25) is 0 Å². The first kappa shape index (κ1) is 34.3. The Bertz CT molecular complexity index is 2900. The number of fused-ring (bicyclic) bond motifs is 3. The SMILES string of the molecule is C=C(N=C(N=C(C)c1ccc(-c2ccccc2)cc1)c1cccc(-c2ccc3oc4c(-c5ccccc5)nc(-c5ccccc5)nc4c3c2)c1)c1ccccc1. The van der Waals surface area contributed by atoms with E-state index in [1.807, 2.05) is 110 Å². The topological polar surface area (TPSA) is 63.6 Å². The van der Waals surface area contributed by atoms with Crippen LogP contribution in [0.3, 0.4) is 0 Å². The lowest BCUT2D eigenvalue weighted by Crippen LogP contribution is -2.04. The highest BCUT2D eigenvalue weighted by atomic mass is 16.3. The molecule has 0 saturated carbocycles. The van der Waals surface area contributed by atoms with Crippen molar-refractivity contribution in [2.75, 3.05) is 0 Å². The Labute approximate surface area is 325 Å². The summed E-state index contributed by atoms with van der Waals surface area (Å²) in [6.45, 7) is 6.36. The van der Waals surface area contributed by atoms with Gasteiger partial charge in [0.1, 0.15) is 16.8 Å².